The van der Waals surface area contributed by atoms with Crippen molar-refractivity contribution in [2.24, 2.45) is 0 Å². The number of hydrogen-bond acceptors (Lipinski definition) is 5. The SMILES string of the molecule is CN(C)c1ccc(C(=O)Nc2ccc(-c3nc4cnccc4s3)cc2)cc1. The van der Waals surface area contributed by atoms with Crippen LogP contribution in [0.2, 0.25) is 0 Å². The van der Waals surface area contributed by atoms with Gasteiger partial charge in [-0.1, -0.05) is 0 Å². The third-order valence-electron chi connectivity index (χ3n) is 4.23. The Morgan fingerprint density at radius 1 is 1.00 bits per heavy atom. The van der Waals surface area contributed by atoms with Crippen LogP contribution in [0.1, 0.15) is 10.4 Å². The molecule has 0 aliphatic heterocycles. The summed E-state index contributed by atoms with van der Waals surface area (Å²) in [5, 5.41) is 3.87. The van der Waals surface area contributed by atoms with E-state index in [-0.39, 0.29) is 5.91 Å². The Kier molecular flexibility index (Phi) is 4.56. The van der Waals surface area contributed by atoms with Gasteiger partial charge in [-0.05, 0) is 54.6 Å². The van der Waals surface area contributed by atoms with Crippen LogP contribution in [0.25, 0.3) is 20.8 Å². The van der Waals surface area contributed by atoms with Crippen molar-refractivity contribution in [1.29, 1.82) is 0 Å². The van der Waals surface area contributed by atoms with E-state index in [1.165, 1.54) is 0 Å². The molecule has 0 unspecified atom stereocenters. The number of carbonyl (C=O) groups excluding carboxylic acids is 1. The lowest BCUT2D eigenvalue weighted by atomic mass is 10.1. The largest absolute Gasteiger partial charge is 0.378 e. The standard InChI is InChI=1S/C21H18N4OS/c1-25(2)17-9-5-14(6-10-17)20(26)23-16-7-3-15(4-8-16)21-24-18-13-22-12-11-19(18)27-21/h3-13H,1-2H3,(H,23,26). The molecule has 0 atom stereocenters. The Morgan fingerprint density at radius 2 is 1.74 bits per heavy atom. The van der Waals surface area contributed by atoms with E-state index in [0.29, 0.717) is 5.56 Å². The number of carbonyl (C=O) groups is 1. The molecule has 0 bridgehead atoms. The van der Waals surface area contributed by atoms with Crippen LogP contribution < -0.4 is 10.2 Å². The molecule has 4 aromatic rings. The van der Waals surface area contributed by atoms with Crippen molar-refractivity contribution >= 4 is 38.8 Å². The zero-order valence-electron chi connectivity index (χ0n) is 15.0. The van der Waals surface area contributed by atoms with Gasteiger partial charge >= 0.3 is 0 Å². The molecular weight excluding hydrogens is 356 g/mol. The summed E-state index contributed by atoms with van der Waals surface area (Å²) in [4.78, 5) is 23.1. The first-order valence-corrected chi connectivity index (χ1v) is 9.31. The third kappa shape index (κ3) is 3.66. The molecule has 0 aliphatic carbocycles. The number of amides is 1. The van der Waals surface area contributed by atoms with E-state index in [2.05, 4.69) is 15.3 Å². The lowest BCUT2D eigenvalue weighted by Crippen LogP contribution is -2.13. The minimum absolute atomic E-state index is 0.126. The minimum Gasteiger partial charge on any atom is -0.378 e. The highest BCUT2D eigenvalue weighted by Gasteiger charge is 2.09. The molecular formula is C21H18N4OS. The van der Waals surface area contributed by atoms with Crippen LogP contribution in [0.4, 0.5) is 11.4 Å². The second-order valence-electron chi connectivity index (χ2n) is 6.34. The first-order chi connectivity index (χ1) is 13.1. The first kappa shape index (κ1) is 17.2. The maximum atomic E-state index is 12.4. The normalized spacial score (nSPS) is 10.7. The fourth-order valence-electron chi connectivity index (χ4n) is 2.71. The third-order valence-corrected chi connectivity index (χ3v) is 5.31. The van der Waals surface area contributed by atoms with Crippen LogP contribution in [0.15, 0.2) is 67.0 Å². The molecule has 0 saturated heterocycles. The van der Waals surface area contributed by atoms with E-state index in [1.807, 2.05) is 73.6 Å². The number of benzene rings is 2. The summed E-state index contributed by atoms with van der Waals surface area (Å²) < 4.78 is 1.11. The van der Waals surface area contributed by atoms with Gasteiger partial charge in [0.05, 0.1) is 10.9 Å². The van der Waals surface area contributed by atoms with Crippen LogP contribution in [0.3, 0.4) is 0 Å². The molecule has 2 aromatic heterocycles. The summed E-state index contributed by atoms with van der Waals surface area (Å²) in [6.45, 7) is 0. The second kappa shape index (κ2) is 7.17. The van der Waals surface area contributed by atoms with E-state index in [9.17, 15) is 4.79 Å². The molecule has 0 spiro atoms. The predicted molar refractivity (Wildman–Crippen MR) is 112 cm³/mol. The van der Waals surface area contributed by atoms with Crippen molar-refractivity contribution in [3.8, 4) is 10.6 Å². The molecule has 0 saturated carbocycles. The Morgan fingerprint density at radius 3 is 2.41 bits per heavy atom. The minimum atomic E-state index is -0.126. The summed E-state index contributed by atoms with van der Waals surface area (Å²) in [5.74, 6) is -0.126. The van der Waals surface area contributed by atoms with Crippen molar-refractivity contribution < 1.29 is 4.79 Å². The molecule has 0 fully saturated rings. The number of nitrogens with zero attached hydrogens (tertiary/aromatic N) is 3. The van der Waals surface area contributed by atoms with E-state index >= 15 is 0 Å². The molecule has 0 radical (unpaired) electrons. The molecule has 2 aromatic carbocycles. The lowest BCUT2D eigenvalue weighted by molar-refractivity contribution is 0.102. The van der Waals surface area contributed by atoms with Gasteiger partial charge in [0.2, 0.25) is 0 Å². The molecule has 4 rings (SSSR count). The Balaban J connectivity index is 1.49. The van der Waals surface area contributed by atoms with Crippen LogP contribution in [-0.2, 0) is 0 Å². The molecule has 134 valence electrons. The van der Waals surface area contributed by atoms with Gasteiger partial charge in [-0.2, -0.15) is 0 Å². The summed E-state index contributed by atoms with van der Waals surface area (Å²) in [7, 11) is 3.94. The van der Waals surface area contributed by atoms with E-state index in [0.717, 1.165) is 32.2 Å². The van der Waals surface area contributed by atoms with Crippen molar-refractivity contribution in [1.82, 2.24) is 9.97 Å². The topological polar surface area (TPSA) is 58.1 Å². The fourth-order valence-corrected chi connectivity index (χ4v) is 3.65. The molecule has 1 amide bonds. The number of rotatable bonds is 4. The van der Waals surface area contributed by atoms with Crippen LogP contribution in [0.5, 0.6) is 0 Å². The summed E-state index contributed by atoms with van der Waals surface area (Å²) >= 11 is 1.63. The number of fused-ring (bicyclic) bond motifs is 1. The fraction of sp³-hybridized carbons (Fsp3) is 0.0952. The first-order valence-electron chi connectivity index (χ1n) is 8.50. The number of aromatic nitrogens is 2. The average molecular weight is 374 g/mol. The van der Waals surface area contributed by atoms with Crippen molar-refractivity contribution in [3.05, 3.63) is 72.6 Å². The summed E-state index contributed by atoms with van der Waals surface area (Å²) in [6, 6.07) is 17.2. The monoisotopic (exact) mass is 374 g/mol. The van der Waals surface area contributed by atoms with Crippen molar-refractivity contribution in [2.45, 2.75) is 0 Å². The molecule has 6 heteroatoms. The highest BCUT2D eigenvalue weighted by molar-refractivity contribution is 7.21. The number of pyridine rings is 1. The van der Waals surface area contributed by atoms with E-state index in [1.54, 1.807) is 23.7 Å². The van der Waals surface area contributed by atoms with Crippen LogP contribution >= 0.6 is 11.3 Å². The Labute approximate surface area is 161 Å². The van der Waals surface area contributed by atoms with E-state index in [4.69, 9.17) is 0 Å². The quantitative estimate of drug-likeness (QED) is 0.564. The average Bonchev–Trinajstić information content (AvgIpc) is 3.13. The van der Waals surface area contributed by atoms with Gasteiger partial charge in [-0.15, -0.1) is 11.3 Å². The zero-order chi connectivity index (χ0) is 18.8. The van der Waals surface area contributed by atoms with Crippen molar-refractivity contribution in [3.63, 3.8) is 0 Å². The van der Waals surface area contributed by atoms with Gasteiger partial charge in [0.1, 0.15) is 10.5 Å². The van der Waals surface area contributed by atoms with Crippen LogP contribution in [0, 0.1) is 0 Å². The lowest BCUT2D eigenvalue weighted by Gasteiger charge is -2.12. The number of hydrogen-bond donors (Lipinski definition) is 1. The molecule has 27 heavy (non-hydrogen) atoms. The van der Waals surface area contributed by atoms with Crippen molar-refractivity contribution in [2.75, 3.05) is 24.3 Å². The molecule has 5 nitrogen and oxygen atoms in total. The Bertz CT molecular complexity index is 1050. The van der Waals surface area contributed by atoms with E-state index < -0.39 is 0 Å². The summed E-state index contributed by atoms with van der Waals surface area (Å²) in [5.41, 5.74) is 4.36. The predicted octanol–water partition coefficient (Wildman–Crippen LogP) is 4.68. The van der Waals surface area contributed by atoms with Gasteiger partial charge in [0, 0.05) is 42.8 Å². The molecule has 1 N–H and O–H groups in total. The van der Waals surface area contributed by atoms with Gasteiger partial charge in [-0.25, -0.2) is 4.98 Å². The highest BCUT2D eigenvalue weighted by Crippen LogP contribution is 2.30. The van der Waals surface area contributed by atoms with Gasteiger partial charge in [-0.3, -0.25) is 9.78 Å². The number of nitrogens with one attached hydrogen (secondary N) is 1. The van der Waals surface area contributed by atoms with Crippen LogP contribution in [-0.4, -0.2) is 30.0 Å². The maximum absolute atomic E-state index is 12.4. The maximum Gasteiger partial charge on any atom is 0.255 e. The Hall–Kier alpha value is -3.25. The zero-order valence-corrected chi connectivity index (χ0v) is 15.8. The van der Waals surface area contributed by atoms with Gasteiger partial charge in [0.15, 0.2) is 0 Å². The molecule has 2 heterocycles. The number of anilines is 2. The van der Waals surface area contributed by atoms with Gasteiger partial charge in [0.25, 0.3) is 5.91 Å². The number of thiazole rings is 1. The van der Waals surface area contributed by atoms with Gasteiger partial charge < -0.3 is 10.2 Å². The summed E-state index contributed by atoms with van der Waals surface area (Å²) in [6.07, 6.45) is 3.54. The smallest absolute Gasteiger partial charge is 0.255 e. The molecule has 0 aliphatic rings. The second-order valence-corrected chi connectivity index (χ2v) is 7.37. The highest BCUT2D eigenvalue weighted by atomic mass is 32.1.